The van der Waals surface area contributed by atoms with Crippen molar-refractivity contribution in [3.63, 3.8) is 0 Å². The van der Waals surface area contributed by atoms with Gasteiger partial charge in [-0.15, -0.1) is 5.92 Å². The number of nitrogens with one attached hydrogen (secondary N) is 2. The second-order valence-electron chi connectivity index (χ2n) is 3.05. The number of aromatic nitrogens is 1. The molecule has 4 heteroatoms. The molecule has 16 heavy (non-hydrogen) atoms. The molecule has 0 aliphatic carbocycles. The van der Waals surface area contributed by atoms with Crippen molar-refractivity contribution in [2.45, 2.75) is 13.5 Å². The number of rotatable bonds is 4. The van der Waals surface area contributed by atoms with E-state index in [2.05, 4.69) is 28.7 Å². The van der Waals surface area contributed by atoms with E-state index in [1.54, 1.807) is 19.2 Å². The van der Waals surface area contributed by atoms with Crippen molar-refractivity contribution in [3.05, 3.63) is 35.7 Å². The van der Waals surface area contributed by atoms with Gasteiger partial charge in [-0.2, -0.15) is 0 Å². The van der Waals surface area contributed by atoms with Crippen molar-refractivity contribution in [3.8, 4) is 11.8 Å². The summed E-state index contributed by atoms with van der Waals surface area (Å²) in [7, 11) is 0. The van der Waals surface area contributed by atoms with Crippen LogP contribution in [-0.4, -0.2) is 16.3 Å². The first kappa shape index (κ1) is 12.0. The molecule has 82 valence electrons. The predicted octanol–water partition coefficient (Wildman–Crippen LogP) is 1.52. The standard InChI is InChI=1S/C12H13N3O/c1-3-4-10-7-14-12(5-11(10)8-16)15-9(2)6-13/h5-7,13,16H,2,8H2,1H3,(H,14,15). The van der Waals surface area contributed by atoms with E-state index in [0.29, 0.717) is 22.6 Å². The van der Waals surface area contributed by atoms with Gasteiger partial charge in [0, 0.05) is 18.0 Å². The molecular weight excluding hydrogens is 202 g/mol. The quantitative estimate of drug-likeness (QED) is 0.527. The maximum absolute atomic E-state index is 9.17. The van der Waals surface area contributed by atoms with E-state index in [1.807, 2.05) is 0 Å². The molecular formula is C12H13N3O. The zero-order valence-electron chi connectivity index (χ0n) is 9.04. The highest BCUT2D eigenvalue weighted by atomic mass is 16.3. The first-order valence-electron chi connectivity index (χ1n) is 4.70. The molecule has 0 unspecified atom stereocenters. The molecule has 0 atom stereocenters. The summed E-state index contributed by atoms with van der Waals surface area (Å²) in [4.78, 5) is 4.10. The second kappa shape index (κ2) is 5.69. The van der Waals surface area contributed by atoms with Gasteiger partial charge >= 0.3 is 0 Å². The third-order valence-corrected chi connectivity index (χ3v) is 1.88. The van der Waals surface area contributed by atoms with Crippen LogP contribution in [-0.2, 0) is 6.61 Å². The fourth-order valence-electron chi connectivity index (χ4n) is 1.14. The van der Waals surface area contributed by atoms with E-state index in [-0.39, 0.29) is 6.61 Å². The Morgan fingerprint density at radius 1 is 1.75 bits per heavy atom. The van der Waals surface area contributed by atoms with Gasteiger partial charge in [0.25, 0.3) is 0 Å². The van der Waals surface area contributed by atoms with Crippen molar-refractivity contribution in [1.82, 2.24) is 4.98 Å². The first-order valence-corrected chi connectivity index (χ1v) is 4.70. The normalized spacial score (nSPS) is 8.88. The summed E-state index contributed by atoms with van der Waals surface area (Å²) < 4.78 is 0. The van der Waals surface area contributed by atoms with Crippen LogP contribution >= 0.6 is 0 Å². The smallest absolute Gasteiger partial charge is 0.130 e. The van der Waals surface area contributed by atoms with Crippen molar-refractivity contribution in [1.29, 1.82) is 5.41 Å². The lowest BCUT2D eigenvalue weighted by molar-refractivity contribution is 0.281. The summed E-state index contributed by atoms with van der Waals surface area (Å²) in [5.41, 5.74) is 1.84. The Labute approximate surface area is 94.5 Å². The molecule has 1 heterocycles. The lowest BCUT2D eigenvalue weighted by Crippen LogP contribution is -2.02. The molecule has 0 aromatic carbocycles. The van der Waals surface area contributed by atoms with Crippen molar-refractivity contribution >= 4 is 12.0 Å². The molecule has 1 rings (SSSR count). The van der Waals surface area contributed by atoms with Crippen LogP contribution in [0.15, 0.2) is 24.5 Å². The Hall–Kier alpha value is -2.12. The van der Waals surface area contributed by atoms with Gasteiger partial charge in [0.2, 0.25) is 0 Å². The van der Waals surface area contributed by atoms with Gasteiger partial charge in [-0.1, -0.05) is 12.5 Å². The van der Waals surface area contributed by atoms with Crippen LogP contribution in [0, 0.1) is 17.3 Å². The largest absolute Gasteiger partial charge is 0.392 e. The van der Waals surface area contributed by atoms with Gasteiger partial charge < -0.3 is 15.8 Å². The molecule has 0 radical (unpaired) electrons. The van der Waals surface area contributed by atoms with Crippen molar-refractivity contribution in [2.24, 2.45) is 0 Å². The van der Waals surface area contributed by atoms with Gasteiger partial charge in [0.15, 0.2) is 0 Å². The van der Waals surface area contributed by atoms with Crippen LogP contribution in [0.3, 0.4) is 0 Å². The number of hydrogen-bond acceptors (Lipinski definition) is 4. The highest BCUT2D eigenvalue weighted by Crippen LogP contribution is 2.13. The molecule has 0 saturated heterocycles. The average Bonchev–Trinajstić information content (AvgIpc) is 2.31. The molecule has 4 nitrogen and oxygen atoms in total. The van der Waals surface area contributed by atoms with Crippen LogP contribution in [0.2, 0.25) is 0 Å². The molecule has 0 spiro atoms. The van der Waals surface area contributed by atoms with Crippen LogP contribution in [0.5, 0.6) is 0 Å². The molecule has 0 saturated carbocycles. The van der Waals surface area contributed by atoms with Gasteiger partial charge in [0.1, 0.15) is 5.82 Å². The third kappa shape index (κ3) is 2.94. The summed E-state index contributed by atoms with van der Waals surface area (Å²) in [6.45, 7) is 5.23. The van der Waals surface area contributed by atoms with E-state index in [1.165, 1.54) is 0 Å². The number of nitrogens with zero attached hydrogens (tertiary/aromatic N) is 1. The summed E-state index contributed by atoms with van der Waals surface area (Å²) in [5.74, 6) is 6.15. The van der Waals surface area contributed by atoms with E-state index >= 15 is 0 Å². The second-order valence-corrected chi connectivity index (χ2v) is 3.05. The van der Waals surface area contributed by atoms with Gasteiger partial charge in [-0.25, -0.2) is 4.98 Å². The van der Waals surface area contributed by atoms with Crippen LogP contribution in [0.4, 0.5) is 5.82 Å². The third-order valence-electron chi connectivity index (χ3n) is 1.88. The number of hydrogen-bond donors (Lipinski definition) is 3. The molecule has 1 aromatic rings. The van der Waals surface area contributed by atoms with Crippen molar-refractivity contribution in [2.75, 3.05) is 5.32 Å². The molecule has 0 fully saturated rings. The number of allylic oxidation sites excluding steroid dienone is 1. The molecule has 0 aliphatic heterocycles. The maximum atomic E-state index is 9.17. The number of anilines is 1. The van der Waals surface area contributed by atoms with Crippen molar-refractivity contribution < 1.29 is 5.11 Å². The Morgan fingerprint density at radius 2 is 2.50 bits per heavy atom. The summed E-state index contributed by atoms with van der Waals surface area (Å²) in [5, 5.41) is 19.0. The number of aliphatic hydroxyl groups excluding tert-OH is 1. The fraction of sp³-hybridized carbons (Fsp3) is 0.167. The minimum absolute atomic E-state index is 0.0989. The zero-order chi connectivity index (χ0) is 12.0. The molecule has 0 amide bonds. The summed E-state index contributed by atoms with van der Waals surface area (Å²) >= 11 is 0. The van der Waals surface area contributed by atoms with Crippen LogP contribution in [0.1, 0.15) is 18.1 Å². The highest BCUT2D eigenvalue weighted by molar-refractivity contribution is 5.79. The summed E-state index contributed by atoms with van der Waals surface area (Å²) in [6, 6.07) is 1.69. The Morgan fingerprint density at radius 3 is 3.06 bits per heavy atom. The number of pyridine rings is 1. The minimum atomic E-state index is -0.0989. The van der Waals surface area contributed by atoms with E-state index in [4.69, 9.17) is 5.41 Å². The van der Waals surface area contributed by atoms with Gasteiger partial charge in [-0.3, -0.25) is 0 Å². The van der Waals surface area contributed by atoms with E-state index in [0.717, 1.165) is 6.21 Å². The average molecular weight is 215 g/mol. The monoisotopic (exact) mass is 215 g/mol. The Kier molecular flexibility index (Phi) is 4.25. The zero-order valence-corrected chi connectivity index (χ0v) is 9.04. The fourth-order valence-corrected chi connectivity index (χ4v) is 1.14. The molecule has 0 aliphatic rings. The van der Waals surface area contributed by atoms with Gasteiger partial charge in [-0.05, 0) is 18.6 Å². The van der Waals surface area contributed by atoms with E-state index < -0.39 is 0 Å². The number of aliphatic hydroxyl groups is 1. The molecule has 1 aromatic heterocycles. The summed E-state index contributed by atoms with van der Waals surface area (Å²) in [6.07, 6.45) is 2.68. The lowest BCUT2D eigenvalue weighted by atomic mass is 10.1. The topological polar surface area (TPSA) is 69.0 Å². The SMILES string of the molecule is C=C(C=N)Nc1cc(CO)c(C#CC)cn1. The Balaban J connectivity index is 3.02. The van der Waals surface area contributed by atoms with Crippen LogP contribution in [0.25, 0.3) is 0 Å². The van der Waals surface area contributed by atoms with Gasteiger partial charge in [0.05, 0.1) is 12.3 Å². The minimum Gasteiger partial charge on any atom is -0.392 e. The molecule has 0 bridgehead atoms. The van der Waals surface area contributed by atoms with E-state index in [9.17, 15) is 5.11 Å². The lowest BCUT2D eigenvalue weighted by Gasteiger charge is -2.07. The predicted molar refractivity (Wildman–Crippen MR) is 64.3 cm³/mol. The highest BCUT2D eigenvalue weighted by Gasteiger charge is 2.02. The first-order chi connectivity index (χ1) is 7.71. The Bertz CT molecular complexity index is 469. The van der Waals surface area contributed by atoms with Crippen LogP contribution < -0.4 is 5.32 Å². The maximum Gasteiger partial charge on any atom is 0.130 e. The molecule has 3 N–H and O–H groups in total.